The Balaban J connectivity index is 1.52. The van der Waals surface area contributed by atoms with Crippen LogP contribution in [0.2, 0.25) is 0 Å². The fourth-order valence-electron chi connectivity index (χ4n) is 4.82. The monoisotopic (exact) mass is 365 g/mol. The Morgan fingerprint density at radius 1 is 1.19 bits per heavy atom. The van der Waals surface area contributed by atoms with Gasteiger partial charge >= 0.3 is 0 Å². The van der Waals surface area contributed by atoms with Crippen molar-refractivity contribution in [2.45, 2.75) is 83.4 Å². The maximum Gasteiger partial charge on any atom is 0.241 e. The van der Waals surface area contributed by atoms with Gasteiger partial charge in [0.25, 0.3) is 0 Å². The zero-order chi connectivity index (χ0) is 18.9. The molecule has 1 saturated heterocycles. The zero-order valence-corrected chi connectivity index (χ0v) is 16.6. The second kappa shape index (κ2) is 7.47. The molecule has 3 N–H and O–H groups in total. The van der Waals surface area contributed by atoms with E-state index >= 15 is 0 Å². The van der Waals surface area contributed by atoms with Crippen molar-refractivity contribution < 1.29 is 14.3 Å². The van der Waals surface area contributed by atoms with E-state index in [9.17, 15) is 9.59 Å². The fraction of sp³-hybridized carbons (Fsp3) is 0.900. The smallest absolute Gasteiger partial charge is 0.241 e. The molecule has 0 spiro atoms. The van der Waals surface area contributed by atoms with Crippen LogP contribution in [0, 0.1) is 11.3 Å². The van der Waals surface area contributed by atoms with Gasteiger partial charge in [0, 0.05) is 43.5 Å². The van der Waals surface area contributed by atoms with Gasteiger partial charge < -0.3 is 20.7 Å². The summed E-state index contributed by atoms with van der Waals surface area (Å²) in [5.74, 6) is 0.372. The second-order valence-corrected chi connectivity index (χ2v) is 8.92. The summed E-state index contributed by atoms with van der Waals surface area (Å²) in [4.78, 5) is 27.5. The topological polar surface area (TPSA) is 84.7 Å². The molecule has 3 atom stereocenters. The molecule has 1 heterocycles. The van der Waals surface area contributed by atoms with E-state index in [0.717, 1.165) is 38.6 Å². The van der Waals surface area contributed by atoms with Gasteiger partial charge in [-0.05, 0) is 26.2 Å². The van der Waals surface area contributed by atoms with Crippen molar-refractivity contribution in [3.63, 3.8) is 0 Å². The molecule has 0 aromatic heterocycles. The van der Waals surface area contributed by atoms with E-state index in [1.807, 2.05) is 25.7 Å². The summed E-state index contributed by atoms with van der Waals surface area (Å²) in [5, 5.41) is 3.11. The van der Waals surface area contributed by atoms with Crippen molar-refractivity contribution in [3.8, 4) is 0 Å². The van der Waals surface area contributed by atoms with Crippen molar-refractivity contribution in [2.75, 3.05) is 19.7 Å². The molecule has 6 heteroatoms. The van der Waals surface area contributed by atoms with Gasteiger partial charge in [-0.1, -0.05) is 33.1 Å². The average Bonchev–Trinajstić information content (AvgIpc) is 3.09. The summed E-state index contributed by atoms with van der Waals surface area (Å²) in [6.07, 6.45) is 7.01. The molecule has 3 aliphatic rings. The third kappa shape index (κ3) is 3.38. The molecular weight excluding hydrogens is 330 g/mol. The van der Waals surface area contributed by atoms with Gasteiger partial charge in [-0.3, -0.25) is 9.59 Å². The standard InChI is InChI=1S/C20H35N3O3/c1-4-26-16-12-20(21,19(16,2)3)18(25)22-15-10-11-23(13-15)17(24)14-8-6-5-7-9-14/h14-16H,4-13,21H2,1-3H3,(H,22,25). The van der Waals surface area contributed by atoms with E-state index in [-0.39, 0.29) is 35.3 Å². The van der Waals surface area contributed by atoms with E-state index in [2.05, 4.69) is 5.32 Å². The minimum absolute atomic E-state index is 0.0115. The predicted octanol–water partition coefficient (Wildman–Crippen LogP) is 1.82. The number of rotatable bonds is 5. The molecule has 0 radical (unpaired) electrons. The van der Waals surface area contributed by atoms with Gasteiger partial charge in [0.1, 0.15) is 5.54 Å². The van der Waals surface area contributed by atoms with Crippen LogP contribution in [0.5, 0.6) is 0 Å². The van der Waals surface area contributed by atoms with Gasteiger partial charge in [-0.15, -0.1) is 0 Å². The van der Waals surface area contributed by atoms with Crippen LogP contribution in [0.4, 0.5) is 0 Å². The van der Waals surface area contributed by atoms with Crippen molar-refractivity contribution in [1.82, 2.24) is 10.2 Å². The van der Waals surface area contributed by atoms with Crippen LogP contribution in [0.3, 0.4) is 0 Å². The first-order chi connectivity index (χ1) is 12.3. The van der Waals surface area contributed by atoms with Gasteiger partial charge in [0.2, 0.25) is 11.8 Å². The predicted molar refractivity (Wildman–Crippen MR) is 100 cm³/mol. The summed E-state index contributed by atoms with van der Waals surface area (Å²) >= 11 is 0. The van der Waals surface area contributed by atoms with Crippen LogP contribution >= 0.6 is 0 Å². The number of hydrogen-bond donors (Lipinski definition) is 2. The van der Waals surface area contributed by atoms with Gasteiger partial charge in [0.05, 0.1) is 6.10 Å². The number of amides is 2. The van der Waals surface area contributed by atoms with Crippen LogP contribution in [0.1, 0.15) is 65.7 Å². The summed E-state index contributed by atoms with van der Waals surface area (Å²) in [6, 6.07) is 0.0115. The van der Waals surface area contributed by atoms with Crippen molar-refractivity contribution in [3.05, 3.63) is 0 Å². The van der Waals surface area contributed by atoms with Crippen molar-refractivity contribution >= 4 is 11.8 Å². The number of nitrogens with zero attached hydrogens (tertiary/aromatic N) is 1. The largest absolute Gasteiger partial charge is 0.378 e. The lowest BCUT2D eigenvalue weighted by Crippen LogP contribution is -2.76. The second-order valence-electron chi connectivity index (χ2n) is 8.92. The average molecular weight is 366 g/mol. The van der Waals surface area contributed by atoms with Gasteiger partial charge in [0.15, 0.2) is 0 Å². The van der Waals surface area contributed by atoms with Gasteiger partial charge in [-0.25, -0.2) is 0 Å². The molecule has 0 aromatic carbocycles. The van der Waals surface area contributed by atoms with Crippen molar-refractivity contribution in [1.29, 1.82) is 0 Å². The summed E-state index contributed by atoms with van der Waals surface area (Å²) in [6.45, 7) is 7.96. The lowest BCUT2D eigenvalue weighted by Gasteiger charge is -2.57. The number of hydrogen-bond acceptors (Lipinski definition) is 4. The molecule has 2 saturated carbocycles. The van der Waals surface area contributed by atoms with Gasteiger partial charge in [-0.2, -0.15) is 0 Å². The Bertz CT molecular complexity index is 544. The molecule has 3 rings (SSSR count). The molecule has 148 valence electrons. The SMILES string of the molecule is CCOC1CC(N)(C(=O)NC2CCN(C(=O)C3CCCCC3)C2)C1(C)C. The Morgan fingerprint density at radius 3 is 2.50 bits per heavy atom. The number of ether oxygens (including phenoxy) is 1. The van der Waals surface area contributed by atoms with E-state index in [1.165, 1.54) is 6.42 Å². The Hall–Kier alpha value is -1.14. The molecular formula is C20H35N3O3. The molecule has 3 fully saturated rings. The minimum atomic E-state index is -0.895. The summed E-state index contributed by atoms with van der Waals surface area (Å²) in [7, 11) is 0. The molecule has 0 bridgehead atoms. The highest BCUT2D eigenvalue weighted by Crippen LogP contribution is 2.49. The van der Waals surface area contributed by atoms with E-state index in [4.69, 9.17) is 10.5 Å². The summed E-state index contributed by atoms with van der Waals surface area (Å²) < 4.78 is 5.71. The van der Waals surface area contributed by atoms with Crippen molar-refractivity contribution in [2.24, 2.45) is 17.1 Å². The normalized spacial score (nSPS) is 34.4. The first kappa shape index (κ1) is 19.6. The van der Waals surface area contributed by atoms with Crippen LogP contribution in [-0.4, -0.2) is 54.1 Å². The number of nitrogens with one attached hydrogen (secondary N) is 1. The van der Waals surface area contributed by atoms with E-state index in [1.54, 1.807) is 0 Å². The molecule has 26 heavy (non-hydrogen) atoms. The van der Waals surface area contributed by atoms with Crippen LogP contribution in [-0.2, 0) is 14.3 Å². The molecule has 1 aliphatic heterocycles. The number of carbonyl (C=O) groups excluding carboxylic acids is 2. The summed E-state index contributed by atoms with van der Waals surface area (Å²) in [5.41, 5.74) is 5.18. The van der Waals surface area contributed by atoms with Crippen LogP contribution in [0.25, 0.3) is 0 Å². The maximum absolute atomic E-state index is 12.9. The van der Waals surface area contributed by atoms with E-state index in [0.29, 0.717) is 19.6 Å². The Labute approximate surface area is 157 Å². The first-order valence-corrected chi connectivity index (χ1v) is 10.3. The van der Waals surface area contributed by atoms with Crippen LogP contribution < -0.4 is 11.1 Å². The highest BCUT2D eigenvalue weighted by molar-refractivity contribution is 5.89. The Morgan fingerprint density at radius 2 is 1.88 bits per heavy atom. The zero-order valence-electron chi connectivity index (χ0n) is 16.6. The molecule has 2 amide bonds. The lowest BCUT2D eigenvalue weighted by atomic mass is 9.54. The highest BCUT2D eigenvalue weighted by atomic mass is 16.5. The van der Waals surface area contributed by atoms with Crippen LogP contribution in [0.15, 0.2) is 0 Å². The first-order valence-electron chi connectivity index (χ1n) is 10.3. The Kier molecular flexibility index (Phi) is 5.63. The number of carbonyl (C=O) groups is 2. The minimum Gasteiger partial charge on any atom is -0.378 e. The molecule has 3 unspecified atom stereocenters. The van der Waals surface area contributed by atoms with E-state index < -0.39 is 5.54 Å². The third-order valence-electron chi connectivity index (χ3n) is 7.02. The number of likely N-dealkylation sites (tertiary alicyclic amines) is 1. The molecule has 0 aromatic rings. The molecule has 6 nitrogen and oxygen atoms in total. The fourth-order valence-corrected chi connectivity index (χ4v) is 4.82. The lowest BCUT2D eigenvalue weighted by molar-refractivity contribution is -0.171. The quantitative estimate of drug-likeness (QED) is 0.778. The highest BCUT2D eigenvalue weighted by Gasteiger charge is 2.63. The molecule has 2 aliphatic carbocycles. The maximum atomic E-state index is 12.9. The number of nitrogens with two attached hydrogens (primary N) is 1. The third-order valence-corrected chi connectivity index (χ3v) is 7.02.